The van der Waals surface area contributed by atoms with Gasteiger partial charge in [-0.3, -0.25) is 4.18 Å². The van der Waals surface area contributed by atoms with Crippen LogP contribution in [-0.2, 0) is 14.3 Å². The minimum atomic E-state index is -3.80. The third-order valence-electron chi connectivity index (χ3n) is 3.73. The number of rotatable bonds is 5. The van der Waals surface area contributed by atoms with Crippen molar-refractivity contribution in [3.63, 3.8) is 0 Å². The summed E-state index contributed by atoms with van der Waals surface area (Å²) >= 11 is 0. The molecule has 0 radical (unpaired) electrons. The number of nitrogens with one attached hydrogen (secondary N) is 1. The zero-order valence-corrected chi connectivity index (χ0v) is 14.3. The summed E-state index contributed by atoms with van der Waals surface area (Å²) in [7, 11) is -2.23. The second-order valence-corrected chi connectivity index (χ2v) is 7.15. The van der Waals surface area contributed by atoms with E-state index < -0.39 is 10.1 Å². The van der Waals surface area contributed by atoms with Crippen molar-refractivity contribution < 1.29 is 22.1 Å². The van der Waals surface area contributed by atoms with Crippen molar-refractivity contribution in [2.75, 3.05) is 25.6 Å². The normalized spacial score (nSPS) is 16.7. The van der Waals surface area contributed by atoms with E-state index in [1.54, 1.807) is 19.2 Å². The van der Waals surface area contributed by atoms with E-state index in [2.05, 4.69) is 5.32 Å². The molecule has 0 spiro atoms. The molecule has 1 unspecified atom stereocenters. The zero-order chi connectivity index (χ0) is 17.2. The lowest BCUT2D eigenvalue weighted by Crippen LogP contribution is -2.36. The van der Waals surface area contributed by atoms with Gasteiger partial charge in [-0.15, -0.1) is 0 Å². The standard InChI is InChI=1S/C17H19NO5S/c1-12-6-8-14(9-7-12)24(19,20)23-11-13-10-22-16-5-3-4-15(21-2)17(16)18-13/h3-9,13,18H,10-11H2,1-2H3. The minimum absolute atomic E-state index is 0.0340. The number of aryl methyl sites for hydroxylation is 1. The number of para-hydroxylation sites is 1. The molecular formula is C17H19NO5S. The first-order valence-corrected chi connectivity index (χ1v) is 8.93. The van der Waals surface area contributed by atoms with Crippen molar-refractivity contribution in [3.8, 4) is 11.5 Å². The molecule has 0 bridgehead atoms. The molecule has 7 heteroatoms. The summed E-state index contributed by atoms with van der Waals surface area (Å²) in [6.45, 7) is 2.17. The summed E-state index contributed by atoms with van der Waals surface area (Å²) in [5.41, 5.74) is 1.69. The van der Waals surface area contributed by atoms with Gasteiger partial charge in [0.05, 0.1) is 24.7 Å². The SMILES string of the molecule is COc1cccc2c1NC(COS(=O)(=O)c1ccc(C)cc1)CO2. The first-order chi connectivity index (χ1) is 11.5. The molecule has 24 heavy (non-hydrogen) atoms. The van der Waals surface area contributed by atoms with Crippen LogP contribution in [-0.4, -0.2) is 34.8 Å². The average molecular weight is 349 g/mol. The Bertz CT molecular complexity index is 803. The van der Waals surface area contributed by atoms with E-state index in [1.165, 1.54) is 12.1 Å². The van der Waals surface area contributed by atoms with Crippen LogP contribution in [0.5, 0.6) is 11.5 Å². The van der Waals surface area contributed by atoms with Crippen LogP contribution in [0.3, 0.4) is 0 Å². The first-order valence-electron chi connectivity index (χ1n) is 7.52. The molecule has 1 aliphatic heterocycles. The Labute approximate surface area is 141 Å². The quantitative estimate of drug-likeness (QED) is 0.837. The van der Waals surface area contributed by atoms with Crippen molar-refractivity contribution in [2.45, 2.75) is 17.9 Å². The maximum Gasteiger partial charge on any atom is 0.297 e. The van der Waals surface area contributed by atoms with Gasteiger partial charge in [0.25, 0.3) is 10.1 Å². The van der Waals surface area contributed by atoms with Crippen molar-refractivity contribution in [1.82, 2.24) is 0 Å². The molecule has 6 nitrogen and oxygen atoms in total. The molecule has 1 aliphatic rings. The maximum atomic E-state index is 12.2. The van der Waals surface area contributed by atoms with Crippen LogP contribution in [0.4, 0.5) is 5.69 Å². The number of hydrogen-bond donors (Lipinski definition) is 1. The smallest absolute Gasteiger partial charge is 0.297 e. The Morgan fingerprint density at radius 3 is 2.67 bits per heavy atom. The van der Waals surface area contributed by atoms with E-state index in [4.69, 9.17) is 13.7 Å². The van der Waals surface area contributed by atoms with Crippen LogP contribution in [0.2, 0.25) is 0 Å². The molecule has 0 fully saturated rings. The predicted octanol–water partition coefficient (Wildman–Crippen LogP) is 2.58. The van der Waals surface area contributed by atoms with Crippen LogP contribution < -0.4 is 14.8 Å². The second-order valence-electron chi connectivity index (χ2n) is 5.54. The third-order valence-corrected chi connectivity index (χ3v) is 5.03. The van der Waals surface area contributed by atoms with Gasteiger partial charge in [-0.25, -0.2) is 0 Å². The molecule has 2 aromatic carbocycles. The fourth-order valence-electron chi connectivity index (χ4n) is 2.41. The third kappa shape index (κ3) is 3.47. The van der Waals surface area contributed by atoms with E-state index in [1.807, 2.05) is 25.1 Å². The second kappa shape index (κ2) is 6.70. The maximum absolute atomic E-state index is 12.2. The van der Waals surface area contributed by atoms with Crippen molar-refractivity contribution in [3.05, 3.63) is 48.0 Å². The molecule has 3 rings (SSSR count). The lowest BCUT2D eigenvalue weighted by Gasteiger charge is -2.28. The number of fused-ring (bicyclic) bond motifs is 1. The minimum Gasteiger partial charge on any atom is -0.494 e. The van der Waals surface area contributed by atoms with Gasteiger partial charge >= 0.3 is 0 Å². The molecule has 0 aliphatic carbocycles. The Hall–Kier alpha value is -2.25. The van der Waals surface area contributed by atoms with E-state index in [0.717, 1.165) is 5.56 Å². The molecule has 0 saturated carbocycles. The molecular weight excluding hydrogens is 330 g/mol. The van der Waals surface area contributed by atoms with Crippen molar-refractivity contribution in [1.29, 1.82) is 0 Å². The molecule has 2 aromatic rings. The van der Waals surface area contributed by atoms with E-state index in [9.17, 15) is 8.42 Å². The summed E-state index contributed by atoms with van der Waals surface area (Å²) in [6, 6.07) is 11.7. The Morgan fingerprint density at radius 1 is 1.21 bits per heavy atom. The largest absolute Gasteiger partial charge is 0.494 e. The Balaban J connectivity index is 1.68. The van der Waals surface area contributed by atoms with E-state index in [-0.39, 0.29) is 17.5 Å². The van der Waals surface area contributed by atoms with Crippen LogP contribution in [0.25, 0.3) is 0 Å². The summed E-state index contributed by atoms with van der Waals surface area (Å²) in [5.74, 6) is 1.31. The van der Waals surface area contributed by atoms with Crippen LogP contribution in [0.15, 0.2) is 47.4 Å². The van der Waals surface area contributed by atoms with Crippen LogP contribution in [0.1, 0.15) is 5.56 Å². The molecule has 0 saturated heterocycles. The summed E-state index contributed by atoms with van der Waals surface area (Å²) in [6.07, 6.45) is 0. The molecule has 0 amide bonds. The highest BCUT2D eigenvalue weighted by atomic mass is 32.2. The number of methoxy groups -OCH3 is 1. The lowest BCUT2D eigenvalue weighted by atomic mass is 10.2. The molecule has 1 atom stereocenters. The predicted molar refractivity (Wildman–Crippen MR) is 90.2 cm³/mol. The number of ether oxygens (including phenoxy) is 2. The monoisotopic (exact) mass is 349 g/mol. The topological polar surface area (TPSA) is 73.9 Å². The summed E-state index contributed by atoms with van der Waals surface area (Å²) in [5, 5.41) is 3.21. The highest BCUT2D eigenvalue weighted by Gasteiger charge is 2.24. The molecule has 1 heterocycles. The highest BCUT2D eigenvalue weighted by Crippen LogP contribution is 2.37. The molecule has 1 N–H and O–H groups in total. The van der Waals surface area contributed by atoms with Gasteiger partial charge in [0, 0.05) is 0 Å². The molecule has 128 valence electrons. The summed E-state index contributed by atoms with van der Waals surface area (Å²) in [4.78, 5) is 0.141. The highest BCUT2D eigenvalue weighted by molar-refractivity contribution is 7.86. The van der Waals surface area contributed by atoms with Crippen molar-refractivity contribution in [2.24, 2.45) is 0 Å². The van der Waals surface area contributed by atoms with E-state index in [0.29, 0.717) is 23.8 Å². The fourth-order valence-corrected chi connectivity index (χ4v) is 3.36. The van der Waals surface area contributed by atoms with Gasteiger partial charge in [-0.1, -0.05) is 23.8 Å². The van der Waals surface area contributed by atoms with Gasteiger partial charge in [-0.05, 0) is 31.2 Å². The van der Waals surface area contributed by atoms with E-state index >= 15 is 0 Å². The summed E-state index contributed by atoms with van der Waals surface area (Å²) < 4.78 is 40.6. The number of anilines is 1. The van der Waals surface area contributed by atoms with Crippen LogP contribution >= 0.6 is 0 Å². The Morgan fingerprint density at radius 2 is 1.96 bits per heavy atom. The van der Waals surface area contributed by atoms with Gasteiger partial charge in [0.1, 0.15) is 23.8 Å². The lowest BCUT2D eigenvalue weighted by molar-refractivity contribution is 0.222. The van der Waals surface area contributed by atoms with Gasteiger partial charge in [-0.2, -0.15) is 8.42 Å². The van der Waals surface area contributed by atoms with Gasteiger partial charge in [0.2, 0.25) is 0 Å². The number of hydrogen-bond acceptors (Lipinski definition) is 6. The first kappa shape index (κ1) is 16.6. The fraction of sp³-hybridized carbons (Fsp3) is 0.294. The van der Waals surface area contributed by atoms with Gasteiger partial charge in [0.15, 0.2) is 0 Å². The Kier molecular flexibility index (Phi) is 4.64. The molecule has 0 aromatic heterocycles. The van der Waals surface area contributed by atoms with Crippen molar-refractivity contribution >= 4 is 15.8 Å². The van der Waals surface area contributed by atoms with Gasteiger partial charge < -0.3 is 14.8 Å². The number of benzene rings is 2. The average Bonchev–Trinajstić information content (AvgIpc) is 2.59. The zero-order valence-electron chi connectivity index (χ0n) is 13.5. The van der Waals surface area contributed by atoms with Crippen LogP contribution in [0, 0.1) is 6.92 Å².